The van der Waals surface area contributed by atoms with Crippen molar-refractivity contribution >= 4 is 6.29 Å². The monoisotopic (exact) mass is 201 g/mol. The Bertz CT molecular complexity index is 500. The summed E-state index contributed by atoms with van der Waals surface area (Å²) in [6, 6.07) is 8.63. The van der Waals surface area contributed by atoms with Crippen LogP contribution in [0, 0.1) is 6.92 Å². The van der Waals surface area contributed by atoms with Gasteiger partial charge in [0, 0.05) is 11.9 Å². The summed E-state index contributed by atoms with van der Waals surface area (Å²) in [4.78, 5) is 10.8. The minimum absolute atomic E-state index is 0.232. The molecule has 15 heavy (non-hydrogen) atoms. The first-order valence-corrected chi connectivity index (χ1v) is 4.65. The molecule has 0 amide bonds. The molecule has 1 aromatic heterocycles. The van der Waals surface area contributed by atoms with Crippen LogP contribution in [0.15, 0.2) is 36.5 Å². The summed E-state index contributed by atoms with van der Waals surface area (Å²) >= 11 is 0. The van der Waals surface area contributed by atoms with Crippen molar-refractivity contribution in [1.82, 2.24) is 4.57 Å². The highest BCUT2D eigenvalue weighted by Crippen LogP contribution is 2.20. The number of carbonyl (C=O) groups is 1. The lowest BCUT2D eigenvalue weighted by Crippen LogP contribution is -1.99. The van der Waals surface area contributed by atoms with Crippen LogP contribution in [-0.4, -0.2) is 16.0 Å². The molecule has 0 saturated carbocycles. The maximum absolute atomic E-state index is 10.8. The largest absolute Gasteiger partial charge is 0.508 e. The average Bonchev–Trinajstić information content (AvgIpc) is 2.65. The van der Waals surface area contributed by atoms with Gasteiger partial charge in [0.25, 0.3) is 0 Å². The summed E-state index contributed by atoms with van der Waals surface area (Å²) in [5.41, 5.74) is 2.43. The SMILES string of the molecule is Cc1cc(O)ccc1-n1cccc1C=O. The van der Waals surface area contributed by atoms with E-state index in [1.165, 1.54) is 0 Å². The summed E-state index contributed by atoms with van der Waals surface area (Å²) < 4.78 is 1.79. The number of aromatic hydroxyl groups is 1. The first kappa shape index (κ1) is 9.52. The van der Waals surface area contributed by atoms with Gasteiger partial charge < -0.3 is 9.67 Å². The zero-order chi connectivity index (χ0) is 10.8. The summed E-state index contributed by atoms with van der Waals surface area (Å²) in [7, 11) is 0. The molecular weight excluding hydrogens is 190 g/mol. The second kappa shape index (κ2) is 3.61. The molecule has 0 spiro atoms. The predicted octanol–water partition coefficient (Wildman–Crippen LogP) is 2.30. The number of nitrogens with zero attached hydrogens (tertiary/aromatic N) is 1. The van der Waals surface area contributed by atoms with Crippen molar-refractivity contribution in [3.8, 4) is 11.4 Å². The molecule has 2 aromatic rings. The van der Waals surface area contributed by atoms with Gasteiger partial charge in [-0.2, -0.15) is 0 Å². The van der Waals surface area contributed by atoms with Crippen LogP contribution >= 0.6 is 0 Å². The van der Waals surface area contributed by atoms with Crippen LogP contribution in [0.3, 0.4) is 0 Å². The number of aromatic nitrogens is 1. The van der Waals surface area contributed by atoms with Gasteiger partial charge in [-0.3, -0.25) is 4.79 Å². The third-order valence-electron chi connectivity index (χ3n) is 2.34. The normalized spacial score (nSPS) is 10.2. The standard InChI is InChI=1S/C12H11NO2/c1-9-7-11(15)4-5-12(9)13-6-2-3-10(13)8-14/h2-8,15H,1H3. The van der Waals surface area contributed by atoms with Crippen molar-refractivity contribution in [2.75, 3.05) is 0 Å². The topological polar surface area (TPSA) is 42.2 Å². The molecular formula is C12H11NO2. The fourth-order valence-corrected chi connectivity index (χ4v) is 1.62. The van der Waals surface area contributed by atoms with Crippen LogP contribution in [0.4, 0.5) is 0 Å². The molecule has 3 nitrogen and oxygen atoms in total. The summed E-state index contributed by atoms with van der Waals surface area (Å²) in [5, 5.41) is 9.28. The molecule has 2 rings (SSSR count). The summed E-state index contributed by atoms with van der Waals surface area (Å²) in [6.45, 7) is 1.89. The Labute approximate surface area is 87.6 Å². The first-order valence-electron chi connectivity index (χ1n) is 4.65. The van der Waals surface area contributed by atoms with E-state index in [4.69, 9.17) is 0 Å². The zero-order valence-corrected chi connectivity index (χ0v) is 8.34. The van der Waals surface area contributed by atoms with Gasteiger partial charge in [-0.05, 0) is 42.8 Å². The van der Waals surface area contributed by atoms with Gasteiger partial charge in [0.2, 0.25) is 0 Å². The van der Waals surface area contributed by atoms with Gasteiger partial charge in [0.15, 0.2) is 6.29 Å². The molecule has 76 valence electrons. The van der Waals surface area contributed by atoms with Crippen molar-refractivity contribution < 1.29 is 9.90 Å². The van der Waals surface area contributed by atoms with Gasteiger partial charge >= 0.3 is 0 Å². The smallest absolute Gasteiger partial charge is 0.166 e. The van der Waals surface area contributed by atoms with Crippen LogP contribution in [-0.2, 0) is 0 Å². The highest BCUT2D eigenvalue weighted by Gasteiger charge is 2.05. The molecule has 3 heteroatoms. The van der Waals surface area contributed by atoms with Crippen molar-refractivity contribution in [2.45, 2.75) is 6.92 Å². The zero-order valence-electron chi connectivity index (χ0n) is 8.34. The third-order valence-corrected chi connectivity index (χ3v) is 2.34. The van der Waals surface area contributed by atoms with E-state index in [1.807, 2.05) is 19.2 Å². The highest BCUT2D eigenvalue weighted by molar-refractivity contribution is 5.74. The lowest BCUT2D eigenvalue weighted by atomic mass is 10.2. The maximum Gasteiger partial charge on any atom is 0.166 e. The molecule has 1 N–H and O–H groups in total. The quantitative estimate of drug-likeness (QED) is 0.757. The number of benzene rings is 1. The number of rotatable bonds is 2. The average molecular weight is 201 g/mol. The number of hydrogen-bond acceptors (Lipinski definition) is 2. The van der Waals surface area contributed by atoms with Crippen molar-refractivity contribution in [1.29, 1.82) is 0 Å². The van der Waals surface area contributed by atoms with Crippen LogP contribution < -0.4 is 0 Å². The second-order valence-electron chi connectivity index (χ2n) is 3.39. The molecule has 0 bridgehead atoms. The maximum atomic E-state index is 10.8. The fourth-order valence-electron chi connectivity index (χ4n) is 1.62. The molecule has 0 aliphatic rings. The van der Waals surface area contributed by atoms with Gasteiger partial charge in [-0.15, -0.1) is 0 Å². The summed E-state index contributed by atoms with van der Waals surface area (Å²) in [6.07, 6.45) is 2.63. The molecule has 0 saturated heterocycles. The Balaban J connectivity index is 2.59. The van der Waals surface area contributed by atoms with Crippen molar-refractivity contribution in [3.05, 3.63) is 47.8 Å². The van der Waals surface area contributed by atoms with E-state index < -0.39 is 0 Å². The van der Waals surface area contributed by atoms with Gasteiger partial charge in [-0.25, -0.2) is 0 Å². The van der Waals surface area contributed by atoms with Crippen LogP contribution in [0.5, 0.6) is 5.75 Å². The van der Waals surface area contributed by atoms with Crippen molar-refractivity contribution in [3.63, 3.8) is 0 Å². The number of hydrogen-bond donors (Lipinski definition) is 1. The molecule has 1 aromatic carbocycles. The minimum atomic E-state index is 0.232. The van der Waals surface area contributed by atoms with Crippen LogP contribution in [0.1, 0.15) is 16.1 Å². The van der Waals surface area contributed by atoms with E-state index >= 15 is 0 Å². The van der Waals surface area contributed by atoms with E-state index in [9.17, 15) is 9.90 Å². The number of aldehydes is 1. The molecule has 0 atom stereocenters. The lowest BCUT2D eigenvalue weighted by Gasteiger charge is -2.09. The Morgan fingerprint density at radius 1 is 1.33 bits per heavy atom. The van der Waals surface area contributed by atoms with Crippen LogP contribution in [0.25, 0.3) is 5.69 Å². The molecule has 0 fully saturated rings. The highest BCUT2D eigenvalue weighted by atomic mass is 16.3. The minimum Gasteiger partial charge on any atom is -0.508 e. The predicted molar refractivity (Wildman–Crippen MR) is 57.6 cm³/mol. The van der Waals surface area contributed by atoms with E-state index in [2.05, 4.69) is 0 Å². The van der Waals surface area contributed by atoms with Gasteiger partial charge in [0.1, 0.15) is 5.75 Å². The Morgan fingerprint density at radius 3 is 2.80 bits per heavy atom. The lowest BCUT2D eigenvalue weighted by molar-refractivity contribution is 0.111. The van der Waals surface area contributed by atoms with E-state index in [-0.39, 0.29) is 5.75 Å². The third kappa shape index (κ3) is 1.64. The molecule has 1 heterocycles. The van der Waals surface area contributed by atoms with E-state index in [0.29, 0.717) is 5.69 Å². The van der Waals surface area contributed by atoms with Crippen LogP contribution in [0.2, 0.25) is 0 Å². The Hall–Kier alpha value is -2.03. The summed E-state index contributed by atoms with van der Waals surface area (Å²) in [5.74, 6) is 0.232. The van der Waals surface area contributed by atoms with Gasteiger partial charge in [-0.1, -0.05) is 0 Å². The number of carbonyl (C=O) groups excluding carboxylic acids is 1. The second-order valence-corrected chi connectivity index (χ2v) is 3.39. The number of aryl methyl sites for hydroxylation is 1. The Morgan fingerprint density at radius 2 is 2.13 bits per heavy atom. The first-order chi connectivity index (χ1) is 7.22. The molecule has 0 aliphatic heterocycles. The van der Waals surface area contributed by atoms with Gasteiger partial charge in [0.05, 0.1) is 5.69 Å². The number of phenols is 1. The van der Waals surface area contributed by atoms with E-state index in [0.717, 1.165) is 17.5 Å². The number of phenolic OH excluding ortho intramolecular Hbond substituents is 1. The van der Waals surface area contributed by atoms with E-state index in [1.54, 1.807) is 28.8 Å². The van der Waals surface area contributed by atoms with Crippen molar-refractivity contribution in [2.24, 2.45) is 0 Å². The fraction of sp³-hybridized carbons (Fsp3) is 0.0833. The molecule has 0 unspecified atom stereocenters. The molecule has 0 aliphatic carbocycles. The molecule has 0 radical (unpaired) electrons. The Kier molecular flexibility index (Phi) is 2.29.